The maximum Gasteiger partial charge on any atom is 0.258 e. The van der Waals surface area contributed by atoms with Gasteiger partial charge in [-0.3, -0.25) is 9.59 Å². The van der Waals surface area contributed by atoms with Crippen LogP contribution in [-0.4, -0.2) is 38.1 Å². The summed E-state index contributed by atoms with van der Waals surface area (Å²) in [5, 5.41) is 2.87. The Balaban J connectivity index is 1.52. The zero-order chi connectivity index (χ0) is 18.5. The highest BCUT2D eigenvalue weighted by Gasteiger charge is 2.31. The van der Waals surface area contributed by atoms with Crippen molar-refractivity contribution in [3.05, 3.63) is 54.1 Å². The molecule has 1 fully saturated rings. The molecule has 0 aliphatic carbocycles. The van der Waals surface area contributed by atoms with Crippen molar-refractivity contribution in [1.29, 1.82) is 0 Å². The number of methoxy groups -OCH3 is 1. The average Bonchev–Trinajstić information content (AvgIpc) is 3.00. The Labute approximate surface area is 152 Å². The van der Waals surface area contributed by atoms with Gasteiger partial charge in [-0.1, -0.05) is 12.1 Å². The molecule has 0 aromatic heterocycles. The summed E-state index contributed by atoms with van der Waals surface area (Å²) in [5.74, 6) is 1.14. The Kier molecular flexibility index (Phi) is 5.41. The molecular weight excluding hydrogens is 332 g/mol. The summed E-state index contributed by atoms with van der Waals surface area (Å²) >= 11 is 0. The second-order valence-electron chi connectivity index (χ2n) is 6.28. The van der Waals surface area contributed by atoms with Gasteiger partial charge >= 0.3 is 0 Å². The number of aryl methyl sites for hydroxylation is 1. The van der Waals surface area contributed by atoms with Gasteiger partial charge in [0.1, 0.15) is 11.5 Å². The van der Waals surface area contributed by atoms with Gasteiger partial charge in [-0.15, -0.1) is 0 Å². The number of hydrogen-bond acceptors (Lipinski definition) is 4. The van der Waals surface area contributed by atoms with E-state index >= 15 is 0 Å². The van der Waals surface area contributed by atoms with Crippen molar-refractivity contribution in [2.75, 3.05) is 25.2 Å². The Morgan fingerprint density at radius 2 is 1.96 bits per heavy atom. The fraction of sp³-hybridized carbons (Fsp3) is 0.300. The van der Waals surface area contributed by atoms with E-state index in [-0.39, 0.29) is 30.9 Å². The summed E-state index contributed by atoms with van der Waals surface area (Å²) < 4.78 is 10.6. The van der Waals surface area contributed by atoms with Crippen LogP contribution in [0.2, 0.25) is 0 Å². The van der Waals surface area contributed by atoms with Crippen LogP contribution in [0.3, 0.4) is 0 Å². The maximum absolute atomic E-state index is 12.3. The van der Waals surface area contributed by atoms with Crippen LogP contribution in [0.1, 0.15) is 12.0 Å². The third-order valence-electron chi connectivity index (χ3n) is 4.23. The smallest absolute Gasteiger partial charge is 0.258 e. The highest BCUT2D eigenvalue weighted by molar-refractivity contribution is 5.97. The second kappa shape index (κ2) is 7.91. The minimum atomic E-state index is -0.235. The lowest BCUT2D eigenvalue weighted by molar-refractivity contribution is -0.123. The Bertz CT molecular complexity index is 789. The van der Waals surface area contributed by atoms with Gasteiger partial charge in [0.15, 0.2) is 6.61 Å². The molecule has 3 rings (SSSR count). The summed E-state index contributed by atoms with van der Waals surface area (Å²) in [4.78, 5) is 26.0. The highest BCUT2D eigenvalue weighted by atomic mass is 16.5. The molecule has 6 heteroatoms. The van der Waals surface area contributed by atoms with Crippen molar-refractivity contribution in [3.8, 4) is 11.5 Å². The first-order valence-electron chi connectivity index (χ1n) is 8.48. The van der Waals surface area contributed by atoms with Gasteiger partial charge in [-0.25, -0.2) is 0 Å². The molecule has 0 spiro atoms. The van der Waals surface area contributed by atoms with Crippen LogP contribution < -0.4 is 19.7 Å². The summed E-state index contributed by atoms with van der Waals surface area (Å²) in [6.07, 6.45) is 0.280. The van der Waals surface area contributed by atoms with Crippen molar-refractivity contribution in [2.24, 2.45) is 0 Å². The first kappa shape index (κ1) is 17.8. The van der Waals surface area contributed by atoms with E-state index in [1.165, 1.54) is 0 Å². The number of carbonyl (C=O) groups excluding carboxylic acids is 2. The van der Waals surface area contributed by atoms with E-state index in [4.69, 9.17) is 9.47 Å². The number of carbonyl (C=O) groups is 2. The maximum atomic E-state index is 12.3. The molecule has 1 aliphatic heterocycles. The molecule has 0 unspecified atom stereocenters. The van der Waals surface area contributed by atoms with Gasteiger partial charge in [-0.2, -0.15) is 0 Å². The van der Waals surface area contributed by atoms with E-state index in [9.17, 15) is 9.59 Å². The van der Waals surface area contributed by atoms with E-state index < -0.39 is 0 Å². The van der Waals surface area contributed by atoms with Crippen LogP contribution in [0.15, 0.2) is 48.5 Å². The van der Waals surface area contributed by atoms with E-state index in [1.54, 1.807) is 12.0 Å². The van der Waals surface area contributed by atoms with Gasteiger partial charge in [-0.05, 0) is 48.9 Å². The van der Waals surface area contributed by atoms with E-state index in [1.807, 2.05) is 55.5 Å². The zero-order valence-corrected chi connectivity index (χ0v) is 14.9. The van der Waals surface area contributed by atoms with Crippen molar-refractivity contribution < 1.29 is 19.1 Å². The molecule has 26 heavy (non-hydrogen) atoms. The predicted octanol–water partition coefficient (Wildman–Crippen LogP) is 2.30. The average molecular weight is 354 g/mol. The van der Waals surface area contributed by atoms with Crippen molar-refractivity contribution in [1.82, 2.24) is 5.32 Å². The molecule has 1 N–H and O–H groups in total. The minimum absolute atomic E-state index is 0.0138. The number of benzene rings is 2. The number of rotatable bonds is 6. The standard InChI is InChI=1S/C20H22N2O4/c1-14-4-3-5-18(10-14)26-13-19(23)21-15-11-20(24)22(12-15)16-6-8-17(25-2)9-7-16/h3-10,15H,11-13H2,1-2H3,(H,21,23)/t15-/m0/s1. The molecule has 0 saturated carbocycles. The SMILES string of the molecule is COc1ccc(N2C[C@@H](NC(=O)COc3cccc(C)c3)CC2=O)cc1. The third-order valence-corrected chi connectivity index (χ3v) is 4.23. The van der Waals surface area contributed by atoms with E-state index in [0.717, 1.165) is 17.0 Å². The van der Waals surface area contributed by atoms with Gasteiger partial charge < -0.3 is 19.7 Å². The lowest BCUT2D eigenvalue weighted by Gasteiger charge is -2.17. The molecule has 2 aromatic rings. The molecule has 136 valence electrons. The monoisotopic (exact) mass is 354 g/mol. The lowest BCUT2D eigenvalue weighted by atomic mass is 10.2. The summed E-state index contributed by atoms with van der Waals surface area (Å²) in [5.41, 5.74) is 1.86. The molecule has 1 heterocycles. The molecule has 0 bridgehead atoms. The van der Waals surface area contributed by atoms with E-state index in [2.05, 4.69) is 5.32 Å². The number of nitrogens with one attached hydrogen (secondary N) is 1. The van der Waals surface area contributed by atoms with Gasteiger partial charge in [0.25, 0.3) is 5.91 Å². The van der Waals surface area contributed by atoms with E-state index in [0.29, 0.717) is 12.3 Å². The predicted molar refractivity (Wildman–Crippen MR) is 98.6 cm³/mol. The molecule has 6 nitrogen and oxygen atoms in total. The van der Waals surface area contributed by atoms with Crippen LogP contribution in [0.5, 0.6) is 11.5 Å². The topological polar surface area (TPSA) is 67.9 Å². The molecule has 1 atom stereocenters. The van der Waals surface area contributed by atoms with Gasteiger partial charge in [0.05, 0.1) is 13.2 Å². The van der Waals surface area contributed by atoms with Crippen LogP contribution in [0, 0.1) is 6.92 Å². The Morgan fingerprint density at radius 3 is 2.65 bits per heavy atom. The molecule has 2 aromatic carbocycles. The quantitative estimate of drug-likeness (QED) is 0.864. The van der Waals surface area contributed by atoms with Crippen molar-refractivity contribution in [2.45, 2.75) is 19.4 Å². The third kappa shape index (κ3) is 4.33. The number of anilines is 1. The highest BCUT2D eigenvalue weighted by Crippen LogP contribution is 2.24. The number of nitrogens with zero attached hydrogens (tertiary/aromatic N) is 1. The van der Waals surface area contributed by atoms with Crippen LogP contribution in [-0.2, 0) is 9.59 Å². The fourth-order valence-electron chi connectivity index (χ4n) is 2.94. The summed E-state index contributed by atoms with van der Waals surface area (Å²) in [6.45, 7) is 2.34. The number of amides is 2. The zero-order valence-electron chi connectivity index (χ0n) is 14.9. The normalized spacial score (nSPS) is 16.5. The molecule has 0 radical (unpaired) electrons. The molecule has 1 saturated heterocycles. The number of hydrogen-bond donors (Lipinski definition) is 1. The molecule has 1 aliphatic rings. The lowest BCUT2D eigenvalue weighted by Crippen LogP contribution is -2.39. The second-order valence-corrected chi connectivity index (χ2v) is 6.28. The Morgan fingerprint density at radius 1 is 1.19 bits per heavy atom. The fourth-order valence-corrected chi connectivity index (χ4v) is 2.94. The molecular formula is C20H22N2O4. The van der Waals surface area contributed by atoms with Gasteiger partial charge in [0.2, 0.25) is 5.91 Å². The van der Waals surface area contributed by atoms with Crippen molar-refractivity contribution in [3.63, 3.8) is 0 Å². The Hall–Kier alpha value is -3.02. The van der Waals surface area contributed by atoms with Crippen LogP contribution in [0.25, 0.3) is 0 Å². The number of ether oxygens (including phenoxy) is 2. The summed E-state index contributed by atoms with van der Waals surface area (Å²) in [7, 11) is 1.60. The van der Waals surface area contributed by atoms with Crippen LogP contribution in [0.4, 0.5) is 5.69 Å². The van der Waals surface area contributed by atoms with Crippen molar-refractivity contribution >= 4 is 17.5 Å². The minimum Gasteiger partial charge on any atom is -0.497 e. The van der Waals surface area contributed by atoms with Crippen LogP contribution >= 0.6 is 0 Å². The van der Waals surface area contributed by atoms with Gasteiger partial charge in [0, 0.05) is 18.7 Å². The molecule has 2 amide bonds. The first-order valence-corrected chi connectivity index (χ1v) is 8.48. The summed E-state index contributed by atoms with van der Waals surface area (Å²) in [6, 6.07) is 14.6. The first-order chi connectivity index (χ1) is 12.5. The largest absolute Gasteiger partial charge is 0.497 e.